The van der Waals surface area contributed by atoms with Crippen LogP contribution in [0.3, 0.4) is 0 Å². The molecule has 0 amide bonds. The number of aromatic nitrogens is 3. The third kappa shape index (κ3) is 2.09. The first kappa shape index (κ1) is 13.8. The molecule has 0 saturated heterocycles. The van der Waals surface area contributed by atoms with Crippen LogP contribution in [0.1, 0.15) is 50.9 Å². The zero-order valence-corrected chi connectivity index (χ0v) is 12.6. The smallest absolute Gasteiger partial charge is 0.146 e. The van der Waals surface area contributed by atoms with Crippen LogP contribution in [-0.2, 0) is 0 Å². The quantitative estimate of drug-likeness (QED) is 0.913. The lowest BCUT2D eigenvalue weighted by atomic mass is 9.95. The Morgan fingerprint density at radius 1 is 1.21 bits per heavy atom. The topological polar surface area (TPSA) is 56.7 Å². The van der Waals surface area contributed by atoms with Crippen LogP contribution >= 0.6 is 0 Å². The summed E-state index contributed by atoms with van der Waals surface area (Å²) < 4.78 is 2.33. The van der Waals surface area contributed by atoms with Gasteiger partial charge < -0.3 is 10.3 Å². The largest absolute Gasteiger partial charge is 0.383 e. The Balaban J connectivity index is 2.67. The number of nitrogen functional groups attached to an aromatic ring is 1. The molecule has 19 heavy (non-hydrogen) atoms. The van der Waals surface area contributed by atoms with Crippen LogP contribution in [0.25, 0.3) is 11.0 Å². The molecule has 4 heteroatoms. The molecule has 1 atom stereocenters. The first-order valence-corrected chi connectivity index (χ1v) is 7.10. The van der Waals surface area contributed by atoms with Gasteiger partial charge in [-0.2, -0.15) is 0 Å². The number of hydrogen-bond donors (Lipinski definition) is 1. The van der Waals surface area contributed by atoms with Crippen molar-refractivity contribution >= 4 is 16.9 Å². The van der Waals surface area contributed by atoms with E-state index in [-0.39, 0.29) is 0 Å². The van der Waals surface area contributed by atoms with E-state index in [1.807, 2.05) is 0 Å². The van der Waals surface area contributed by atoms with Crippen LogP contribution in [0, 0.1) is 19.8 Å². The van der Waals surface area contributed by atoms with Crippen LogP contribution < -0.4 is 5.73 Å². The normalized spacial score (nSPS) is 13.4. The molecule has 2 aromatic rings. The van der Waals surface area contributed by atoms with Crippen molar-refractivity contribution < 1.29 is 0 Å². The number of anilines is 1. The SMILES string of the molecule is CCC(CC)C(C)n1c(C)c(C)c2c(N)ncnc21. The molecule has 2 N–H and O–H groups in total. The molecule has 0 radical (unpaired) electrons. The molecule has 104 valence electrons. The maximum Gasteiger partial charge on any atom is 0.146 e. The summed E-state index contributed by atoms with van der Waals surface area (Å²) in [6.07, 6.45) is 3.92. The van der Waals surface area contributed by atoms with E-state index in [0.29, 0.717) is 17.8 Å². The second-order valence-corrected chi connectivity index (χ2v) is 5.36. The standard InChI is InChI=1S/C15H24N4/c1-6-12(7-2)11(5)19-10(4)9(3)13-14(16)17-8-18-15(13)19/h8,11-12H,6-7H2,1-5H3,(H2,16,17,18). The minimum Gasteiger partial charge on any atom is -0.383 e. The molecular weight excluding hydrogens is 236 g/mol. The lowest BCUT2D eigenvalue weighted by Crippen LogP contribution is -2.17. The summed E-state index contributed by atoms with van der Waals surface area (Å²) in [5, 5.41) is 1.01. The third-order valence-electron chi connectivity index (χ3n) is 4.50. The number of rotatable bonds is 4. The number of fused-ring (bicyclic) bond motifs is 1. The van der Waals surface area contributed by atoms with Gasteiger partial charge in [-0.25, -0.2) is 9.97 Å². The Morgan fingerprint density at radius 3 is 2.42 bits per heavy atom. The minimum atomic E-state index is 0.431. The van der Waals surface area contributed by atoms with Crippen molar-refractivity contribution in [2.45, 2.75) is 53.5 Å². The molecule has 0 aromatic carbocycles. The van der Waals surface area contributed by atoms with E-state index in [4.69, 9.17) is 5.73 Å². The number of hydrogen-bond acceptors (Lipinski definition) is 3. The highest BCUT2D eigenvalue weighted by Gasteiger charge is 2.22. The first-order valence-electron chi connectivity index (χ1n) is 7.10. The van der Waals surface area contributed by atoms with Gasteiger partial charge >= 0.3 is 0 Å². The van der Waals surface area contributed by atoms with Crippen molar-refractivity contribution in [1.82, 2.24) is 14.5 Å². The lowest BCUT2D eigenvalue weighted by molar-refractivity contribution is 0.335. The van der Waals surface area contributed by atoms with Crippen LogP contribution in [0.15, 0.2) is 6.33 Å². The fraction of sp³-hybridized carbons (Fsp3) is 0.600. The van der Waals surface area contributed by atoms with Crippen LogP contribution in [0.4, 0.5) is 5.82 Å². The number of aryl methyl sites for hydroxylation is 1. The minimum absolute atomic E-state index is 0.431. The van der Waals surface area contributed by atoms with Crippen molar-refractivity contribution in [3.63, 3.8) is 0 Å². The predicted octanol–water partition coefficient (Wildman–Crippen LogP) is 3.63. The van der Waals surface area contributed by atoms with E-state index in [2.05, 4.69) is 49.2 Å². The molecular formula is C15H24N4. The van der Waals surface area contributed by atoms with Gasteiger partial charge in [-0.15, -0.1) is 0 Å². The van der Waals surface area contributed by atoms with Gasteiger partial charge in [-0.05, 0) is 32.3 Å². The first-order chi connectivity index (χ1) is 9.02. The summed E-state index contributed by atoms with van der Waals surface area (Å²) in [6, 6.07) is 0.431. The molecule has 0 spiro atoms. The van der Waals surface area contributed by atoms with Gasteiger partial charge in [0.1, 0.15) is 17.8 Å². The summed E-state index contributed by atoms with van der Waals surface area (Å²) in [7, 11) is 0. The number of nitrogens with zero attached hydrogens (tertiary/aromatic N) is 3. The van der Waals surface area contributed by atoms with E-state index >= 15 is 0 Å². The summed E-state index contributed by atoms with van der Waals surface area (Å²) in [5.74, 6) is 1.24. The van der Waals surface area contributed by atoms with E-state index in [1.165, 1.54) is 24.1 Å². The van der Waals surface area contributed by atoms with Crippen molar-refractivity contribution in [3.05, 3.63) is 17.6 Å². The van der Waals surface area contributed by atoms with Crippen molar-refractivity contribution in [3.8, 4) is 0 Å². The summed E-state index contributed by atoms with van der Waals surface area (Å²) in [6.45, 7) is 11.0. The van der Waals surface area contributed by atoms with Gasteiger partial charge in [0.2, 0.25) is 0 Å². The van der Waals surface area contributed by atoms with E-state index in [9.17, 15) is 0 Å². The highest BCUT2D eigenvalue weighted by molar-refractivity contribution is 5.90. The average molecular weight is 260 g/mol. The summed E-state index contributed by atoms with van der Waals surface area (Å²) in [4.78, 5) is 8.59. The Hall–Kier alpha value is -1.58. The Kier molecular flexibility index (Phi) is 3.78. The molecule has 0 bridgehead atoms. The van der Waals surface area contributed by atoms with Gasteiger partial charge in [-0.1, -0.05) is 26.7 Å². The highest BCUT2D eigenvalue weighted by Crippen LogP contribution is 2.34. The van der Waals surface area contributed by atoms with Gasteiger partial charge in [-0.3, -0.25) is 0 Å². The van der Waals surface area contributed by atoms with E-state index in [0.717, 1.165) is 11.0 Å². The Morgan fingerprint density at radius 2 is 1.84 bits per heavy atom. The molecule has 2 aromatic heterocycles. The van der Waals surface area contributed by atoms with E-state index < -0.39 is 0 Å². The van der Waals surface area contributed by atoms with Crippen molar-refractivity contribution in [1.29, 1.82) is 0 Å². The Labute approximate surface area is 115 Å². The third-order valence-corrected chi connectivity index (χ3v) is 4.50. The zero-order valence-electron chi connectivity index (χ0n) is 12.6. The summed E-state index contributed by atoms with van der Waals surface area (Å²) in [5.41, 5.74) is 9.44. The maximum absolute atomic E-state index is 6.02. The van der Waals surface area contributed by atoms with Crippen molar-refractivity contribution in [2.24, 2.45) is 5.92 Å². The molecule has 4 nitrogen and oxygen atoms in total. The Bertz CT molecular complexity index is 581. The van der Waals surface area contributed by atoms with Crippen LogP contribution in [0.2, 0.25) is 0 Å². The fourth-order valence-corrected chi connectivity index (χ4v) is 3.13. The highest BCUT2D eigenvalue weighted by atomic mass is 15.1. The molecule has 1 unspecified atom stereocenters. The van der Waals surface area contributed by atoms with Gasteiger partial charge in [0, 0.05) is 11.7 Å². The van der Waals surface area contributed by atoms with E-state index in [1.54, 1.807) is 6.33 Å². The molecule has 0 aliphatic rings. The molecule has 0 fully saturated rings. The zero-order chi connectivity index (χ0) is 14.2. The average Bonchev–Trinajstić information content (AvgIpc) is 2.64. The lowest BCUT2D eigenvalue weighted by Gasteiger charge is -2.25. The molecule has 2 rings (SSSR count). The second kappa shape index (κ2) is 5.19. The fourth-order valence-electron chi connectivity index (χ4n) is 3.13. The molecule has 0 saturated carbocycles. The molecule has 0 aliphatic heterocycles. The monoisotopic (exact) mass is 260 g/mol. The van der Waals surface area contributed by atoms with Crippen LogP contribution in [-0.4, -0.2) is 14.5 Å². The molecule has 2 heterocycles. The predicted molar refractivity (Wildman–Crippen MR) is 80.2 cm³/mol. The van der Waals surface area contributed by atoms with Gasteiger partial charge in [0.15, 0.2) is 0 Å². The van der Waals surface area contributed by atoms with Gasteiger partial charge in [0.25, 0.3) is 0 Å². The van der Waals surface area contributed by atoms with Gasteiger partial charge in [0.05, 0.1) is 5.39 Å². The molecule has 0 aliphatic carbocycles. The number of nitrogens with two attached hydrogens (primary N) is 1. The van der Waals surface area contributed by atoms with Crippen molar-refractivity contribution in [2.75, 3.05) is 5.73 Å². The van der Waals surface area contributed by atoms with Crippen LogP contribution in [0.5, 0.6) is 0 Å². The second-order valence-electron chi connectivity index (χ2n) is 5.36. The summed E-state index contributed by atoms with van der Waals surface area (Å²) >= 11 is 0. The maximum atomic E-state index is 6.02.